The Morgan fingerprint density at radius 3 is 2.29 bits per heavy atom. The Hall–Kier alpha value is -2.40. The van der Waals surface area contributed by atoms with Gasteiger partial charge in [0.05, 0.1) is 0 Å². The predicted octanol–water partition coefficient (Wildman–Crippen LogP) is 4.78. The predicted molar refractivity (Wildman–Crippen MR) is 86.0 cm³/mol. The highest BCUT2D eigenvalue weighted by Crippen LogP contribution is 2.24. The fraction of sp³-hybridized carbons (Fsp3) is 0. The highest BCUT2D eigenvalue weighted by molar-refractivity contribution is 9.10. The van der Waals surface area contributed by atoms with Gasteiger partial charge in [0.25, 0.3) is 0 Å². The van der Waals surface area contributed by atoms with Crippen LogP contribution in [0.15, 0.2) is 71.6 Å². The van der Waals surface area contributed by atoms with Crippen molar-refractivity contribution in [3.8, 4) is 11.5 Å². The number of anilines is 2. The van der Waals surface area contributed by atoms with E-state index in [0.717, 1.165) is 27.6 Å². The van der Waals surface area contributed by atoms with Crippen molar-refractivity contribution in [3.63, 3.8) is 0 Å². The topological polar surface area (TPSA) is 47.0 Å². The summed E-state index contributed by atoms with van der Waals surface area (Å²) in [6, 6.07) is 19.2. The molecule has 0 amide bonds. The van der Waals surface area contributed by atoms with Crippen LogP contribution in [0.2, 0.25) is 0 Å². The van der Waals surface area contributed by atoms with Gasteiger partial charge in [-0.15, -0.1) is 0 Å². The summed E-state index contributed by atoms with van der Waals surface area (Å²) < 4.78 is 6.48. The van der Waals surface area contributed by atoms with Gasteiger partial charge < -0.3 is 10.1 Å². The van der Waals surface area contributed by atoms with Crippen molar-refractivity contribution in [2.45, 2.75) is 0 Å². The van der Waals surface area contributed by atoms with Crippen LogP contribution < -0.4 is 10.1 Å². The molecule has 21 heavy (non-hydrogen) atoms. The Labute approximate surface area is 131 Å². The summed E-state index contributed by atoms with van der Waals surface area (Å²) in [6.45, 7) is 0. The smallest absolute Gasteiger partial charge is 0.134 e. The van der Waals surface area contributed by atoms with Gasteiger partial charge in [0.15, 0.2) is 0 Å². The van der Waals surface area contributed by atoms with Gasteiger partial charge in [-0.1, -0.05) is 18.2 Å². The number of rotatable bonds is 4. The first-order chi connectivity index (χ1) is 10.3. The molecule has 0 aliphatic heterocycles. The number of nitrogens with one attached hydrogen (secondary N) is 1. The quantitative estimate of drug-likeness (QED) is 0.694. The lowest BCUT2D eigenvalue weighted by molar-refractivity contribution is 0.483. The van der Waals surface area contributed by atoms with Crippen LogP contribution in [-0.4, -0.2) is 9.97 Å². The van der Waals surface area contributed by atoms with Crippen LogP contribution >= 0.6 is 15.9 Å². The molecule has 0 saturated carbocycles. The fourth-order valence-electron chi connectivity index (χ4n) is 1.78. The largest absolute Gasteiger partial charge is 0.457 e. The van der Waals surface area contributed by atoms with E-state index in [1.165, 1.54) is 6.33 Å². The van der Waals surface area contributed by atoms with Crippen molar-refractivity contribution < 1.29 is 4.74 Å². The molecular weight excluding hydrogens is 330 g/mol. The van der Waals surface area contributed by atoms with E-state index < -0.39 is 0 Å². The Kier molecular flexibility index (Phi) is 4.12. The van der Waals surface area contributed by atoms with Crippen LogP contribution in [0, 0.1) is 0 Å². The molecule has 3 rings (SSSR count). The van der Waals surface area contributed by atoms with Crippen molar-refractivity contribution >= 4 is 27.4 Å². The molecule has 3 aromatic rings. The number of halogens is 1. The van der Waals surface area contributed by atoms with E-state index in [1.54, 1.807) is 0 Å². The maximum absolute atomic E-state index is 5.74. The lowest BCUT2D eigenvalue weighted by atomic mass is 10.3. The first-order valence-electron chi connectivity index (χ1n) is 6.37. The molecule has 0 radical (unpaired) electrons. The molecule has 1 heterocycles. The monoisotopic (exact) mass is 341 g/mol. The highest BCUT2D eigenvalue weighted by atomic mass is 79.9. The van der Waals surface area contributed by atoms with E-state index in [4.69, 9.17) is 4.74 Å². The molecule has 0 unspecified atom stereocenters. The van der Waals surface area contributed by atoms with Crippen molar-refractivity contribution in [2.75, 3.05) is 5.32 Å². The van der Waals surface area contributed by atoms with Gasteiger partial charge in [0.2, 0.25) is 0 Å². The van der Waals surface area contributed by atoms with Crippen molar-refractivity contribution in [2.24, 2.45) is 0 Å². The van der Waals surface area contributed by atoms with Crippen LogP contribution in [0.5, 0.6) is 11.5 Å². The van der Waals surface area contributed by atoms with Gasteiger partial charge in [-0.2, -0.15) is 0 Å². The summed E-state index contributed by atoms with van der Waals surface area (Å²) in [5.74, 6) is 2.34. The first-order valence-corrected chi connectivity index (χ1v) is 7.16. The summed E-state index contributed by atoms with van der Waals surface area (Å²) in [4.78, 5) is 8.13. The number of benzene rings is 2. The van der Waals surface area contributed by atoms with Crippen molar-refractivity contribution in [1.29, 1.82) is 0 Å². The Balaban J connectivity index is 1.69. The molecule has 0 bridgehead atoms. The summed E-state index contributed by atoms with van der Waals surface area (Å²) in [7, 11) is 0. The molecule has 0 aliphatic carbocycles. The van der Waals surface area contributed by atoms with Gasteiger partial charge in [-0.05, 0) is 52.3 Å². The number of hydrogen-bond acceptors (Lipinski definition) is 4. The number of aromatic nitrogens is 2. The molecule has 4 nitrogen and oxygen atoms in total. The molecule has 2 aromatic carbocycles. The minimum Gasteiger partial charge on any atom is -0.457 e. The summed E-state index contributed by atoms with van der Waals surface area (Å²) in [5.41, 5.74) is 0.931. The molecule has 104 valence electrons. The number of hydrogen-bond donors (Lipinski definition) is 1. The van der Waals surface area contributed by atoms with Crippen molar-refractivity contribution in [3.05, 3.63) is 71.6 Å². The number of para-hydroxylation sites is 1. The first kappa shape index (κ1) is 13.6. The van der Waals surface area contributed by atoms with Gasteiger partial charge >= 0.3 is 0 Å². The minimum absolute atomic E-state index is 0.730. The van der Waals surface area contributed by atoms with E-state index >= 15 is 0 Å². The second-order valence-corrected chi connectivity index (χ2v) is 5.10. The van der Waals surface area contributed by atoms with Crippen molar-refractivity contribution in [1.82, 2.24) is 9.97 Å². The third-order valence-electron chi connectivity index (χ3n) is 2.74. The number of ether oxygens (including phenoxy) is 1. The minimum atomic E-state index is 0.730. The number of nitrogens with zero attached hydrogens (tertiary/aromatic N) is 2. The highest BCUT2D eigenvalue weighted by Gasteiger charge is 2.00. The van der Waals surface area contributed by atoms with Gasteiger partial charge in [0.1, 0.15) is 28.2 Å². The van der Waals surface area contributed by atoms with Crippen LogP contribution in [-0.2, 0) is 0 Å². The summed E-state index contributed by atoms with van der Waals surface area (Å²) in [6.07, 6.45) is 1.50. The zero-order valence-electron chi connectivity index (χ0n) is 11.0. The lowest BCUT2D eigenvalue weighted by Crippen LogP contribution is -1.94. The van der Waals surface area contributed by atoms with E-state index in [9.17, 15) is 0 Å². The molecule has 0 atom stereocenters. The lowest BCUT2D eigenvalue weighted by Gasteiger charge is -2.08. The van der Waals surface area contributed by atoms with Crippen LogP contribution in [0.25, 0.3) is 0 Å². The van der Waals surface area contributed by atoms with Gasteiger partial charge in [-0.25, -0.2) is 9.97 Å². The zero-order valence-corrected chi connectivity index (χ0v) is 12.6. The molecule has 0 aliphatic rings. The van der Waals surface area contributed by atoms with Crippen LogP contribution in [0.1, 0.15) is 0 Å². The van der Waals surface area contributed by atoms with Crippen LogP contribution in [0.4, 0.5) is 11.5 Å². The molecule has 0 fully saturated rings. The molecule has 5 heteroatoms. The third kappa shape index (κ3) is 3.79. The summed E-state index contributed by atoms with van der Waals surface area (Å²) in [5, 5.41) is 3.20. The second-order valence-electron chi connectivity index (χ2n) is 4.29. The molecular formula is C16H12BrN3O. The molecule has 1 aromatic heterocycles. The maximum atomic E-state index is 5.74. The maximum Gasteiger partial charge on any atom is 0.134 e. The normalized spacial score (nSPS) is 10.1. The average Bonchev–Trinajstić information content (AvgIpc) is 2.50. The molecule has 1 N–H and O–H groups in total. The van der Waals surface area contributed by atoms with Crippen LogP contribution in [0.3, 0.4) is 0 Å². The van der Waals surface area contributed by atoms with Gasteiger partial charge in [0, 0.05) is 11.8 Å². The fourth-order valence-corrected chi connectivity index (χ4v) is 2.09. The van der Waals surface area contributed by atoms with E-state index in [1.807, 2.05) is 60.7 Å². The zero-order chi connectivity index (χ0) is 14.5. The Morgan fingerprint density at radius 2 is 1.57 bits per heavy atom. The third-order valence-corrected chi connectivity index (χ3v) is 3.17. The van der Waals surface area contributed by atoms with Gasteiger partial charge in [-0.3, -0.25) is 0 Å². The Bertz CT molecular complexity index is 717. The van der Waals surface area contributed by atoms with E-state index in [-0.39, 0.29) is 0 Å². The summed E-state index contributed by atoms with van der Waals surface area (Å²) >= 11 is 3.31. The SMILES string of the molecule is Brc1cc(Nc2ccc(Oc3ccccc3)cc2)ncn1. The van der Waals surface area contributed by atoms with E-state index in [0.29, 0.717) is 0 Å². The van der Waals surface area contributed by atoms with E-state index in [2.05, 4.69) is 31.2 Å². The Morgan fingerprint density at radius 1 is 0.857 bits per heavy atom. The standard InChI is InChI=1S/C16H12BrN3O/c17-15-10-16(19-11-18-15)20-12-6-8-14(9-7-12)21-13-4-2-1-3-5-13/h1-11H,(H,18,19,20). The molecule has 0 saturated heterocycles. The average molecular weight is 342 g/mol. The second kappa shape index (κ2) is 6.37. The molecule has 0 spiro atoms.